The van der Waals surface area contributed by atoms with Gasteiger partial charge in [-0.15, -0.1) is 0 Å². The van der Waals surface area contributed by atoms with Crippen LogP contribution in [0, 0.1) is 17.8 Å². The number of rotatable bonds is 2. The number of hydrogen-bond donors (Lipinski definition) is 1. The zero-order chi connectivity index (χ0) is 17.5. The van der Waals surface area contributed by atoms with Gasteiger partial charge in [0.25, 0.3) is 0 Å². The van der Waals surface area contributed by atoms with E-state index in [1.54, 1.807) is 6.33 Å². The second-order valence-corrected chi connectivity index (χ2v) is 7.60. The third-order valence-electron chi connectivity index (χ3n) is 6.09. The smallest absolute Gasteiger partial charge is 0.231 e. The van der Waals surface area contributed by atoms with Gasteiger partial charge in [0, 0.05) is 18.2 Å². The van der Waals surface area contributed by atoms with E-state index >= 15 is 0 Å². The van der Waals surface area contributed by atoms with Crippen LogP contribution in [0.5, 0.6) is 0 Å². The Morgan fingerprint density at radius 1 is 1.27 bits per heavy atom. The Labute approximate surface area is 153 Å². The van der Waals surface area contributed by atoms with Gasteiger partial charge >= 0.3 is 0 Å². The highest BCUT2D eigenvalue weighted by molar-refractivity contribution is 5.83. The van der Waals surface area contributed by atoms with E-state index in [0.29, 0.717) is 24.2 Å². The molecular formula is C22H23N3O. The first-order valence-electron chi connectivity index (χ1n) is 9.57. The van der Waals surface area contributed by atoms with Gasteiger partial charge < -0.3 is 9.88 Å². The summed E-state index contributed by atoms with van der Waals surface area (Å²) >= 11 is 0. The number of fused-ring (bicyclic) bond motifs is 4. The number of H-pyrrole nitrogens is 1. The minimum Gasteiger partial charge on any atom is -0.345 e. The van der Waals surface area contributed by atoms with E-state index in [-0.39, 0.29) is 5.91 Å². The number of carbonyl (C=O) groups is 1. The largest absolute Gasteiger partial charge is 0.345 e. The van der Waals surface area contributed by atoms with E-state index in [2.05, 4.69) is 45.2 Å². The quantitative estimate of drug-likeness (QED) is 0.895. The minimum absolute atomic E-state index is 0.216. The molecular weight excluding hydrogens is 322 g/mol. The van der Waals surface area contributed by atoms with Crippen molar-refractivity contribution in [3.8, 4) is 0 Å². The second kappa shape index (κ2) is 6.27. The summed E-state index contributed by atoms with van der Waals surface area (Å²) in [7, 11) is 0. The van der Waals surface area contributed by atoms with Crippen molar-refractivity contribution in [3.05, 3.63) is 66.2 Å². The Bertz CT molecular complexity index is 936. The molecule has 132 valence electrons. The summed E-state index contributed by atoms with van der Waals surface area (Å²) in [6.07, 6.45) is 16.8. The van der Waals surface area contributed by atoms with E-state index in [1.165, 1.54) is 12.1 Å². The van der Waals surface area contributed by atoms with Gasteiger partial charge in [0.05, 0.1) is 23.8 Å². The van der Waals surface area contributed by atoms with E-state index in [1.807, 2.05) is 18.2 Å². The maximum absolute atomic E-state index is 13.1. The highest BCUT2D eigenvalue weighted by Gasteiger charge is 2.38. The zero-order valence-corrected chi connectivity index (χ0v) is 14.8. The van der Waals surface area contributed by atoms with Gasteiger partial charge in [0.15, 0.2) is 0 Å². The number of aromatic amines is 1. The standard InChI is InChI=1S/C22H23N3O/c26-22(13-15-7-9-19-20(12-15)24-14-23-19)25-11-3-6-18-17-5-2-1-4-16(17)8-10-21(18)25/h1-2,4-5,7,9-10,12,14,16-18H,3,6,8,11,13H2,(H,23,24)/t16?,17-,18+/m1/s1. The third-order valence-corrected chi connectivity index (χ3v) is 6.09. The normalized spacial score (nSPS) is 27.2. The Balaban J connectivity index is 1.38. The zero-order valence-electron chi connectivity index (χ0n) is 14.8. The van der Waals surface area contributed by atoms with Crippen molar-refractivity contribution < 1.29 is 4.79 Å². The van der Waals surface area contributed by atoms with Crippen LogP contribution in [0.3, 0.4) is 0 Å². The van der Waals surface area contributed by atoms with Gasteiger partial charge in [0.2, 0.25) is 5.91 Å². The molecule has 5 rings (SSSR count). The Kier molecular flexibility index (Phi) is 3.77. The number of hydrogen-bond acceptors (Lipinski definition) is 2. The fourth-order valence-corrected chi connectivity index (χ4v) is 4.82. The number of aromatic nitrogens is 2. The molecule has 2 aliphatic carbocycles. The number of imidazole rings is 1. The molecule has 4 nitrogen and oxygen atoms in total. The monoisotopic (exact) mass is 345 g/mol. The summed E-state index contributed by atoms with van der Waals surface area (Å²) in [5.41, 5.74) is 4.25. The lowest BCUT2D eigenvalue weighted by Gasteiger charge is -2.44. The number of nitrogens with zero attached hydrogens (tertiary/aromatic N) is 2. The molecule has 1 aromatic carbocycles. The molecule has 0 bridgehead atoms. The maximum Gasteiger partial charge on any atom is 0.231 e. The Morgan fingerprint density at radius 3 is 3.15 bits per heavy atom. The second-order valence-electron chi connectivity index (χ2n) is 7.60. The van der Waals surface area contributed by atoms with Crippen molar-refractivity contribution in [2.75, 3.05) is 6.54 Å². The van der Waals surface area contributed by atoms with Crippen molar-refractivity contribution in [1.82, 2.24) is 14.9 Å². The van der Waals surface area contributed by atoms with E-state index in [0.717, 1.165) is 36.0 Å². The summed E-state index contributed by atoms with van der Waals surface area (Å²) in [4.78, 5) is 22.5. The average molecular weight is 345 g/mol. The van der Waals surface area contributed by atoms with Gasteiger partial charge in [0.1, 0.15) is 0 Å². The van der Waals surface area contributed by atoms with Crippen LogP contribution < -0.4 is 0 Å². The molecule has 3 aliphatic rings. The van der Waals surface area contributed by atoms with Gasteiger partial charge in [-0.1, -0.05) is 36.4 Å². The SMILES string of the molecule is O=C(Cc1ccc2nc[nH]c2c1)N1CCC[C@@H]2C1=CCC1C=CC=C[C@H]12. The molecule has 1 aromatic heterocycles. The fourth-order valence-electron chi connectivity index (χ4n) is 4.82. The van der Waals surface area contributed by atoms with Crippen molar-refractivity contribution >= 4 is 16.9 Å². The maximum atomic E-state index is 13.1. The number of benzene rings is 1. The molecule has 1 unspecified atom stereocenters. The van der Waals surface area contributed by atoms with Crippen molar-refractivity contribution in [1.29, 1.82) is 0 Å². The van der Waals surface area contributed by atoms with Gasteiger partial charge in [-0.05, 0) is 48.8 Å². The summed E-state index contributed by atoms with van der Waals surface area (Å²) in [6, 6.07) is 6.04. The van der Waals surface area contributed by atoms with Crippen molar-refractivity contribution in [3.63, 3.8) is 0 Å². The summed E-state index contributed by atoms with van der Waals surface area (Å²) in [5, 5.41) is 0. The lowest BCUT2D eigenvalue weighted by molar-refractivity contribution is -0.130. The molecule has 1 aliphatic heterocycles. The summed E-state index contributed by atoms with van der Waals surface area (Å²) in [6.45, 7) is 0.852. The molecule has 2 heterocycles. The van der Waals surface area contributed by atoms with Gasteiger partial charge in [-0.25, -0.2) is 4.98 Å². The van der Waals surface area contributed by atoms with Crippen molar-refractivity contribution in [2.24, 2.45) is 17.8 Å². The molecule has 0 spiro atoms. The fraction of sp³-hybridized carbons (Fsp3) is 0.364. The average Bonchev–Trinajstić information content (AvgIpc) is 3.15. The minimum atomic E-state index is 0.216. The summed E-state index contributed by atoms with van der Waals surface area (Å²) < 4.78 is 0. The molecule has 4 heteroatoms. The molecule has 1 saturated heterocycles. The number of allylic oxidation sites excluding steroid dienone is 6. The first-order valence-corrected chi connectivity index (χ1v) is 9.57. The highest BCUT2D eigenvalue weighted by Crippen LogP contribution is 2.44. The number of carbonyl (C=O) groups excluding carboxylic acids is 1. The number of amides is 1. The molecule has 1 amide bonds. The molecule has 1 N–H and O–H groups in total. The Hall–Kier alpha value is -2.62. The van der Waals surface area contributed by atoms with Crippen LogP contribution in [0.25, 0.3) is 11.0 Å². The lowest BCUT2D eigenvalue weighted by atomic mass is 9.69. The van der Waals surface area contributed by atoms with Crippen LogP contribution in [-0.4, -0.2) is 27.3 Å². The Morgan fingerprint density at radius 2 is 2.19 bits per heavy atom. The molecule has 1 fully saturated rings. The van der Waals surface area contributed by atoms with E-state index in [9.17, 15) is 4.79 Å². The van der Waals surface area contributed by atoms with E-state index in [4.69, 9.17) is 0 Å². The summed E-state index contributed by atoms with van der Waals surface area (Å²) in [5.74, 6) is 1.86. The molecule has 3 atom stereocenters. The van der Waals surface area contributed by atoms with Crippen LogP contribution in [0.15, 0.2) is 60.6 Å². The number of likely N-dealkylation sites (tertiary alicyclic amines) is 1. The van der Waals surface area contributed by atoms with Crippen LogP contribution in [0.2, 0.25) is 0 Å². The first-order chi connectivity index (χ1) is 12.8. The van der Waals surface area contributed by atoms with Crippen LogP contribution in [0.1, 0.15) is 24.8 Å². The third kappa shape index (κ3) is 2.61. The topological polar surface area (TPSA) is 49.0 Å². The van der Waals surface area contributed by atoms with Crippen LogP contribution >= 0.6 is 0 Å². The lowest BCUT2D eigenvalue weighted by Crippen LogP contribution is -2.43. The van der Waals surface area contributed by atoms with Crippen LogP contribution in [0.4, 0.5) is 0 Å². The molecule has 26 heavy (non-hydrogen) atoms. The molecule has 0 saturated carbocycles. The molecule has 0 radical (unpaired) electrons. The first kappa shape index (κ1) is 15.6. The predicted octanol–water partition coefficient (Wildman–Crippen LogP) is 3.99. The highest BCUT2D eigenvalue weighted by atomic mass is 16.2. The van der Waals surface area contributed by atoms with Gasteiger partial charge in [-0.3, -0.25) is 4.79 Å². The molecule has 2 aromatic rings. The van der Waals surface area contributed by atoms with Gasteiger partial charge in [-0.2, -0.15) is 0 Å². The van der Waals surface area contributed by atoms with Crippen LogP contribution in [-0.2, 0) is 11.2 Å². The van der Waals surface area contributed by atoms with Crippen molar-refractivity contribution in [2.45, 2.75) is 25.7 Å². The predicted molar refractivity (Wildman–Crippen MR) is 102 cm³/mol. The van der Waals surface area contributed by atoms with E-state index < -0.39 is 0 Å². The number of nitrogens with one attached hydrogen (secondary N) is 1. The number of piperidine rings is 1.